The second-order valence-electron chi connectivity index (χ2n) is 6.54. The lowest BCUT2D eigenvalue weighted by molar-refractivity contribution is 0.0512. The quantitative estimate of drug-likeness (QED) is 0.442. The zero-order chi connectivity index (χ0) is 21.8. The largest absolute Gasteiger partial charge is 0.497 e. The summed E-state index contributed by atoms with van der Waals surface area (Å²) in [6.07, 6.45) is 0. The molecule has 0 atom stereocenters. The summed E-state index contributed by atoms with van der Waals surface area (Å²) in [6, 6.07) is 13.3. The molecule has 158 valence electrons. The van der Waals surface area contributed by atoms with Crippen molar-refractivity contribution in [2.75, 3.05) is 19.0 Å². The molecule has 4 aromatic rings. The molecule has 2 aromatic carbocycles. The number of rotatable bonds is 7. The second kappa shape index (κ2) is 8.78. The van der Waals surface area contributed by atoms with Crippen LogP contribution in [0, 0.1) is 5.82 Å². The van der Waals surface area contributed by atoms with Crippen LogP contribution in [0.15, 0.2) is 53.1 Å². The SMILES string of the molecule is CCOC(=O)c1nc(NCc2cccc(OC)c2)c2c(-c3ccc(F)cc3)noc2n1. The van der Waals surface area contributed by atoms with E-state index in [1.165, 1.54) is 12.1 Å². The van der Waals surface area contributed by atoms with E-state index in [0.29, 0.717) is 29.0 Å². The van der Waals surface area contributed by atoms with Crippen molar-refractivity contribution in [2.24, 2.45) is 0 Å². The minimum Gasteiger partial charge on any atom is -0.497 e. The summed E-state index contributed by atoms with van der Waals surface area (Å²) in [5.41, 5.74) is 2.10. The predicted octanol–water partition coefficient (Wildman–Crippen LogP) is 4.22. The van der Waals surface area contributed by atoms with Crippen molar-refractivity contribution in [1.82, 2.24) is 15.1 Å². The van der Waals surface area contributed by atoms with Crippen LogP contribution in [0.5, 0.6) is 5.75 Å². The molecule has 0 unspecified atom stereocenters. The third-order valence-electron chi connectivity index (χ3n) is 4.51. The van der Waals surface area contributed by atoms with Crippen LogP contribution < -0.4 is 10.1 Å². The van der Waals surface area contributed by atoms with Gasteiger partial charge in [0.2, 0.25) is 5.82 Å². The van der Waals surface area contributed by atoms with Crippen molar-refractivity contribution in [3.05, 3.63) is 65.7 Å². The average molecular weight is 422 g/mol. The minimum absolute atomic E-state index is 0.116. The van der Waals surface area contributed by atoms with Crippen LogP contribution in [0.4, 0.5) is 10.2 Å². The van der Waals surface area contributed by atoms with Gasteiger partial charge >= 0.3 is 5.97 Å². The second-order valence-corrected chi connectivity index (χ2v) is 6.54. The molecule has 0 aliphatic heterocycles. The Balaban J connectivity index is 1.77. The van der Waals surface area contributed by atoms with Crippen LogP contribution in [0.1, 0.15) is 23.1 Å². The number of aromatic nitrogens is 3. The normalized spacial score (nSPS) is 10.8. The maximum absolute atomic E-state index is 13.4. The third-order valence-corrected chi connectivity index (χ3v) is 4.51. The first kappa shape index (κ1) is 20.3. The lowest BCUT2D eigenvalue weighted by atomic mass is 10.1. The van der Waals surface area contributed by atoms with Crippen LogP contribution in [-0.2, 0) is 11.3 Å². The summed E-state index contributed by atoms with van der Waals surface area (Å²) in [5.74, 6) is -0.126. The summed E-state index contributed by atoms with van der Waals surface area (Å²) in [7, 11) is 1.60. The fourth-order valence-electron chi connectivity index (χ4n) is 3.04. The van der Waals surface area contributed by atoms with Gasteiger partial charge < -0.3 is 19.3 Å². The van der Waals surface area contributed by atoms with E-state index in [0.717, 1.165) is 11.3 Å². The number of anilines is 1. The fraction of sp³-hybridized carbons (Fsp3) is 0.182. The topological polar surface area (TPSA) is 99.4 Å². The summed E-state index contributed by atoms with van der Waals surface area (Å²) < 4.78 is 29.0. The van der Waals surface area contributed by atoms with E-state index in [1.807, 2.05) is 24.3 Å². The number of carbonyl (C=O) groups excluding carboxylic acids is 1. The van der Waals surface area contributed by atoms with Gasteiger partial charge in [0.25, 0.3) is 5.71 Å². The molecule has 0 fully saturated rings. The molecule has 0 aliphatic rings. The van der Waals surface area contributed by atoms with Gasteiger partial charge in [0.05, 0.1) is 13.7 Å². The molecule has 0 saturated heterocycles. The fourth-order valence-corrected chi connectivity index (χ4v) is 3.04. The number of nitrogens with zero attached hydrogens (tertiary/aromatic N) is 3. The number of esters is 1. The van der Waals surface area contributed by atoms with Crippen molar-refractivity contribution in [3.63, 3.8) is 0 Å². The lowest BCUT2D eigenvalue weighted by Gasteiger charge is -2.10. The molecule has 31 heavy (non-hydrogen) atoms. The number of fused-ring (bicyclic) bond motifs is 1. The Morgan fingerprint density at radius 3 is 2.71 bits per heavy atom. The molecule has 0 spiro atoms. The van der Waals surface area contributed by atoms with Gasteiger partial charge in [0.1, 0.15) is 28.5 Å². The Hall–Kier alpha value is -4.01. The van der Waals surface area contributed by atoms with E-state index in [1.54, 1.807) is 26.2 Å². The Bertz CT molecular complexity index is 1220. The van der Waals surface area contributed by atoms with Gasteiger partial charge in [-0.05, 0) is 48.9 Å². The molecule has 8 nitrogen and oxygen atoms in total. The first-order valence-corrected chi connectivity index (χ1v) is 9.56. The number of halogens is 1. The highest BCUT2D eigenvalue weighted by Crippen LogP contribution is 2.32. The highest BCUT2D eigenvalue weighted by Gasteiger charge is 2.22. The number of carbonyl (C=O) groups is 1. The van der Waals surface area contributed by atoms with Crippen LogP contribution in [0.3, 0.4) is 0 Å². The molecule has 2 heterocycles. The smallest absolute Gasteiger partial charge is 0.376 e. The monoisotopic (exact) mass is 422 g/mol. The van der Waals surface area contributed by atoms with Crippen LogP contribution in [0.2, 0.25) is 0 Å². The van der Waals surface area contributed by atoms with Crippen LogP contribution in [0.25, 0.3) is 22.4 Å². The van der Waals surface area contributed by atoms with E-state index < -0.39 is 5.97 Å². The van der Waals surface area contributed by atoms with Crippen molar-refractivity contribution >= 4 is 22.9 Å². The molecule has 0 amide bonds. The summed E-state index contributed by atoms with van der Waals surface area (Å²) in [4.78, 5) is 20.7. The standard InChI is InChI=1S/C22H19FN4O4/c1-3-30-22(28)20-25-19(24-12-13-5-4-6-16(11-13)29-2)17-18(27-31-21(17)26-20)14-7-9-15(23)10-8-14/h4-11H,3,12H2,1-2H3,(H,24,25,26). The van der Waals surface area contributed by atoms with Gasteiger partial charge in [-0.3, -0.25) is 0 Å². The zero-order valence-corrected chi connectivity index (χ0v) is 16.9. The number of nitrogens with one attached hydrogen (secondary N) is 1. The zero-order valence-electron chi connectivity index (χ0n) is 16.9. The molecular formula is C22H19FN4O4. The van der Waals surface area contributed by atoms with Crippen LogP contribution in [-0.4, -0.2) is 34.8 Å². The Labute approximate surface area is 177 Å². The Morgan fingerprint density at radius 1 is 1.16 bits per heavy atom. The average Bonchev–Trinajstić information content (AvgIpc) is 3.22. The number of hydrogen-bond donors (Lipinski definition) is 1. The number of methoxy groups -OCH3 is 1. The highest BCUT2D eigenvalue weighted by atomic mass is 19.1. The van der Waals surface area contributed by atoms with Gasteiger partial charge in [0, 0.05) is 12.1 Å². The van der Waals surface area contributed by atoms with E-state index >= 15 is 0 Å². The lowest BCUT2D eigenvalue weighted by Crippen LogP contribution is -2.12. The molecule has 0 aliphatic carbocycles. The van der Waals surface area contributed by atoms with Crippen LogP contribution >= 0.6 is 0 Å². The van der Waals surface area contributed by atoms with Gasteiger partial charge in [-0.25, -0.2) is 14.2 Å². The van der Waals surface area contributed by atoms with Crippen molar-refractivity contribution < 1.29 is 23.2 Å². The molecule has 1 N–H and O–H groups in total. The Kier molecular flexibility index (Phi) is 5.74. The molecule has 4 rings (SSSR count). The molecule has 0 saturated carbocycles. The van der Waals surface area contributed by atoms with Crippen molar-refractivity contribution in [3.8, 4) is 17.0 Å². The third kappa shape index (κ3) is 4.30. The van der Waals surface area contributed by atoms with E-state index in [-0.39, 0.29) is 24.0 Å². The maximum atomic E-state index is 13.4. The molecule has 9 heteroatoms. The van der Waals surface area contributed by atoms with Crippen molar-refractivity contribution in [1.29, 1.82) is 0 Å². The molecule has 2 aromatic heterocycles. The highest BCUT2D eigenvalue weighted by molar-refractivity contribution is 5.99. The first-order chi connectivity index (χ1) is 15.1. The first-order valence-electron chi connectivity index (χ1n) is 9.56. The predicted molar refractivity (Wildman–Crippen MR) is 111 cm³/mol. The number of benzene rings is 2. The van der Waals surface area contributed by atoms with Gasteiger partial charge in [-0.1, -0.05) is 17.3 Å². The van der Waals surface area contributed by atoms with Crippen molar-refractivity contribution in [2.45, 2.75) is 13.5 Å². The number of ether oxygens (including phenoxy) is 2. The molecule has 0 bridgehead atoms. The van der Waals surface area contributed by atoms with E-state index in [2.05, 4.69) is 20.4 Å². The van der Waals surface area contributed by atoms with Gasteiger partial charge in [-0.2, -0.15) is 4.98 Å². The van der Waals surface area contributed by atoms with E-state index in [4.69, 9.17) is 14.0 Å². The Morgan fingerprint density at radius 2 is 1.97 bits per heavy atom. The summed E-state index contributed by atoms with van der Waals surface area (Å²) in [6.45, 7) is 2.27. The molecule has 0 radical (unpaired) electrons. The summed E-state index contributed by atoms with van der Waals surface area (Å²) >= 11 is 0. The van der Waals surface area contributed by atoms with Gasteiger partial charge in [-0.15, -0.1) is 0 Å². The molecular weight excluding hydrogens is 403 g/mol. The van der Waals surface area contributed by atoms with Gasteiger partial charge in [0.15, 0.2) is 0 Å². The maximum Gasteiger partial charge on any atom is 0.376 e. The number of hydrogen-bond acceptors (Lipinski definition) is 8. The summed E-state index contributed by atoms with van der Waals surface area (Å²) in [5, 5.41) is 7.76. The minimum atomic E-state index is -0.673. The van der Waals surface area contributed by atoms with E-state index in [9.17, 15) is 9.18 Å².